The molecule has 3 aromatic heterocycles. The maximum atomic E-state index is 13.4. The van der Waals surface area contributed by atoms with Crippen molar-refractivity contribution in [1.29, 1.82) is 0 Å². The Morgan fingerprint density at radius 1 is 1.11 bits per heavy atom. The van der Waals surface area contributed by atoms with Crippen LogP contribution in [-0.4, -0.2) is 91.5 Å². The number of carbonyl (C=O) groups is 1. The minimum atomic E-state index is -0.302. The first-order valence-corrected chi connectivity index (χ1v) is 12.2. The number of nitrogens with one attached hydrogen (secondary N) is 2. The Balaban J connectivity index is 1.28. The molecule has 0 spiro atoms. The van der Waals surface area contributed by atoms with Gasteiger partial charge in [-0.15, -0.1) is 0 Å². The first-order chi connectivity index (χ1) is 17.9. The Bertz CT molecular complexity index is 1510. The third-order valence-corrected chi connectivity index (χ3v) is 7.24. The molecule has 2 aliphatic rings. The quantitative estimate of drug-likeness (QED) is 0.426. The predicted octanol–water partition coefficient (Wildman–Crippen LogP) is 1.68. The van der Waals surface area contributed by atoms with Crippen LogP contribution in [0.15, 0.2) is 41.9 Å². The number of aromatic nitrogens is 8. The lowest BCUT2D eigenvalue weighted by Crippen LogP contribution is -2.44. The van der Waals surface area contributed by atoms with Gasteiger partial charge in [0.05, 0.1) is 22.8 Å². The fourth-order valence-electron chi connectivity index (χ4n) is 4.94. The van der Waals surface area contributed by atoms with Gasteiger partial charge < -0.3 is 20.0 Å². The summed E-state index contributed by atoms with van der Waals surface area (Å²) in [5, 5.41) is 23.4. The van der Waals surface area contributed by atoms with Crippen molar-refractivity contribution >= 4 is 34.3 Å². The monoisotopic (exact) mass is 500 g/mol. The highest BCUT2D eigenvalue weighted by Gasteiger charge is 2.32. The fourth-order valence-corrected chi connectivity index (χ4v) is 4.94. The van der Waals surface area contributed by atoms with E-state index in [1.165, 1.54) is 0 Å². The highest BCUT2D eigenvalue weighted by molar-refractivity contribution is 6.07. The Kier molecular flexibility index (Phi) is 5.56. The van der Waals surface area contributed by atoms with Crippen molar-refractivity contribution in [3.8, 4) is 11.4 Å². The largest absolute Gasteiger partial charge is 0.354 e. The zero-order chi connectivity index (χ0) is 25.7. The second kappa shape index (κ2) is 8.92. The van der Waals surface area contributed by atoms with Gasteiger partial charge in [0.25, 0.3) is 5.91 Å². The number of rotatable bonds is 4. The molecule has 1 aromatic carbocycles. The summed E-state index contributed by atoms with van der Waals surface area (Å²) < 4.78 is 1.65. The van der Waals surface area contributed by atoms with E-state index in [0.29, 0.717) is 22.9 Å². The lowest BCUT2D eigenvalue weighted by molar-refractivity contribution is -0.113. The Morgan fingerprint density at radius 2 is 1.92 bits per heavy atom. The first kappa shape index (κ1) is 23.0. The van der Waals surface area contributed by atoms with E-state index in [1.807, 2.05) is 50.1 Å². The summed E-state index contributed by atoms with van der Waals surface area (Å²) in [7, 11) is 3.97. The standard InChI is InChI=1S/C24H28N12O/c1-14-21(15(2)36-24(34(14)4)30-31-32-36)23(37)27-16-5-6-18-17(11-16)22(29-28-18)19-12-20(26-13-25-19)35-9-7-33(3)8-10-35/h5-6,11-13,15H,7-10H2,1-4H3,(H,27,37)(H,28,29)/t15-/m0/s1. The second-order valence-electron chi connectivity index (χ2n) is 9.50. The van der Waals surface area contributed by atoms with Gasteiger partial charge in [-0.1, -0.05) is 5.10 Å². The van der Waals surface area contributed by atoms with Crippen LogP contribution < -0.4 is 15.1 Å². The number of anilines is 3. The molecule has 0 unspecified atom stereocenters. The van der Waals surface area contributed by atoms with E-state index in [-0.39, 0.29) is 11.9 Å². The van der Waals surface area contributed by atoms with Gasteiger partial charge in [-0.3, -0.25) is 9.89 Å². The normalized spacial score (nSPS) is 18.4. The van der Waals surface area contributed by atoms with Gasteiger partial charge in [0.2, 0.25) is 5.95 Å². The molecular formula is C24H28N12O. The van der Waals surface area contributed by atoms with Crippen molar-refractivity contribution in [2.45, 2.75) is 19.9 Å². The molecule has 1 amide bonds. The molecule has 1 atom stereocenters. The number of allylic oxidation sites excluding steroid dienone is 1. The number of fused-ring (bicyclic) bond motifs is 2. The van der Waals surface area contributed by atoms with Gasteiger partial charge in [-0.25, -0.2) is 14.6 Å². The Hall–Kier alpha value is -4.39. The first-order valence-electron chi connectivity index (χ1n) is 12.2. The molecule has 13 heteroatoms. The van der Waals surface area contributed by atoms with Crippen LogP contribution >= 0.6 is 0 Å². The summed E-state index contributed by atoms with van der Waals surface area (Å²) in [6.07, 6.45) is 1.58. The van der Waals surface area contributed by atoms with Gasteiger partial charge in [0.1, 0.15) is 17.8 Å². The Morgan fingerprint density at radius 3 is 2.73 bits per heavy atom. The van der Waals surface area contributed by atoms with Crippen LogP contribution in [0.5, 0.6) is 0 Å². The summed E-state index contributed by atoms with van der Waals surface area (Å²) in [5.41, 5.74) is 4.35. The molecule has 0 aliphatic carbocycles. The van der Waals surface area contributed by atoms with Crippen molar-refractivity contribution in [3.63, 3.8) is 0 Å². The molecule has 1 saturated heterocycles. The third-order valence-electron chi connectivity index (χ3n) is 7.24. The smallest absolute Gasteiger partial charge is 0.255 e. The van der Waals surface area contributed by atoms with Gasteiger partial charge in [-0.2, -0.15) is 5.10 Å². The zero-order valence-electron chi connectivity index (χ0n) is 21.2. The van der Waals surface area contributed by atoms with Crippen LogP contribution in [-0.2, 0) is 4.79 Å². The van der Waals surface area contributed by atoms with Crippen LogP contribution in [0, 0.1) is 0 Å². The number of aromatic amines is 1. The number of likely N-dealkylation sites (N-methyl/N-ethyl adjacent to an activating group) is 1. The summed E-state index contributed by atoms with van der Waals surface area (Å²) in [4.78, 5) is 28.8. The van der Waals surface area contributed by atoms with E-state index in [2.05, 4.69) is 57.9 Å². The minimum absolute atomic E-state index is 0.207. The lowest BCUT2D eigenvalue weighted by atomic mass is 10.0. The number of nitrogens with zero attached hydrogens (tertiary/aromatic N) is 10. The van der Waals surface area contributed by atoms with Gasteiger partial charge >= 0.3 is 0 Å². The van der Waals surface area contributed by atoms with Gasteiger partial charge in [0, 0.05) is 56.1 Å². The average molecular weight is 501 g/mol. The third kappa shape index (κ3) is 3.96. The van der Waals surface area contributed by atoms with Crippen molar-refractivity contribution in [2.75, 3.05) is 55.4 Å². The molecule has 0 radical (unpaired) electrons. The highest BCUT2D eigenvalue weighted by Crippen LogP contribution is 2.33. The number of piperazine rings is 1. The summed E-state index contributed by atoms with van der Waals surface area (Å²) >= 11 is 0. The van der Waals surface area contributed by atoms with Crippen molar-refractivity contribution < 1.29 is 4.79 Å². The topological polar surface area (TPSA) is 137 Å². The maximum Gasteiger partial charge on any atom is 0.255 e. The van der Waals surface area contributed by atoms with Gasteiger partial charge in [-0.05, 0) is 49.5 Å². The molecular weight excluding hydrogens is 472 g/mol. The molecule has 190 valence electrons. The number of hydrogen-bond donors (Lipinski definition) is 2. The van der Waals surface area contributed by atoms with Crippen molar-refractivity contribution in [3.05, 3.63) is 41.9 Å². The number of tetrazole rings is 1. The van der Waals surface area contributed by atoms with E-state index in [0.717, 1.165) is 54.3 Å². The molecule has 37 heavy (non-hydrogen) atoms. The molecule has 4 aromatic rings. The van der Waals surface area contributed by atoms with Crippen LogP contribution in [0.1, 0.15) is 19.9 Å². The van der Waals surface area contributed by atoms with E-state index in [1.54, 1.807) is 11.0 Å². The summed E-state index contributed by atoms with van der Waals surface area (Å²) in [6.45, 7) is 7.63. The summed E-state index contributed by atoms with van der Waals surface area (Å²) in [6, 6.07) is 7.35. The average Bonchev–Trinajstić information content (AvgIpc) is 3.56. The van der Waals surface area contributed by atoms with E-state index >= 15 is 0 Å². The number of carbonyl (C=O) groups excluding carboxylic acids is 1. The second-order valence-corrected chi connectivity index (χ2v) is 9.50. The van der Waals surface area contributed by atoms with Crippen LogP contribution in [0.4, 0.5) is 17.5 Å². The van der Waals surface area contributed by atoms with E-state index in [9.17, 15) is 4.79 Å². The van der Waals surface area contributed by atoms with Crippen LogP contribution in [0.2, 0.25) is 0 Å². The minimum Gasteiger partial charge on any atom is -0.354 e. The number of H-pyrrole nitrogens is 1. The van der Waals surface area contributed by atoms with Crippen molar-refractivity contribution in [1.82, 2.24) is 45.3 Å². The molecule has 6 rings (SSSR count). The SMILES string of the molecule is CC1=C(C(=O)Nc2ccc3[nH]nc(-c4cc(N5CCN(C)CC5)ncn4)c3c2)[C@H](C)n2nnnc2N1C. The van der Waals surface area contributed by atoms with Gasteiger partial charge in [0.15, 0.2) is 0 Å². The zero-order valence-corrected chi connectivity index (χ0v) is 21.2. The van der Waals surface area contributed by atoms with Crippen LogP contribution in [0.25, 0.3) is 22.3 Å². The van der Waals surface area contributed by atoms with Crippen LogP contribution in [0.3, 0.4) is 0 Å². The molecule has 0 saturated carbocycles. The lowest BCUT2D eigenvalue weighted by Gasteiger charge is -2.33. The maximum absolute atomic E-state index is 13.4. The molecule has 5 heterocycles. The number of amides is 1. The molecule has 2 aliphatic heterocycles. The predicted molar refractivity (Wildman–Crippen MR) is 139 cm³/mol. The molecule has 0 bridgehead atoms. The number of hydrogen-bond acceptors (Lipinski definition) is 10. The Labute approximate surface area is 213 Å². The molecule has 2 N–H and O–H groups in total. The summed E-state index contributed by atoms with van der Waals surface area (Å²) in [5.74, 6) is 1.28. The highest BCUT2D eigenvalue weighted by atomic mass is 16.1. The van der Waals surface area contributed by atoms with E-state index in [4.69, 9.17) is 0 Å². The number of benzene rings is 1. The molecule has 1 fully saturated rings. The fraction of sp³-hybridized carbons (Fsp3) is 0.375. The van der Waals surface area contributed by atoms with E-state index < -0.39 is 0 Å². The van der Waals surface area contributed by atoms with Crippen molar-refractivity contribution in [2.24, 2.45) is 0 Å². The molecule has 13 nitrogen and oxygen atoms in total.